The monoisotopic (exact) mass is 265 g/mol. The molecule has 88 valence electrons. The average Bonchev–Trinajstić information content (AvgIpc) is 2.21. The maximum atomic E-state index is 11.6. The SMILES string of the molecule is COC(=O)[C@@H]1C[C@@]2(C)OC(=O)[C@]1(Cl)N=C2Cl. The summed E-state index contributed by atoms with van der Waals surface area (Å²) in [6.07, 6.45) is 0.178. The van der Waals surface area contributed by atoms with E-state index in [4.69, 9.17) is 27.9 Å². The van der Waals surface area contributed by atoms with Gasteiger partial charge in [0, 0.05) is 6.42 Å². The Morgan fingerprint density at radius 1 is 1.69 bits per heavy atom. The van der Waals surface area contributed by atoms with Gasteiger partial charge in [-0.25, -0.2) is 9.79 Å². The van der Waals surface area contributed by atoms with Crippen molar-refractivity contribution in [1.82, 2.24) is 0 Å². The first-order valence-corrected chi connectivity index (χ1v) is 5.35. The Kier molecular flexibility index (Phi) is 2.44. The zero-order chi connectivity index (χ0) is 12.1. The second kappa shape index (κ2) is 3.34. The molecule has 0 aromatic carbocycles. The van der Waals surface area contributed by atoms with Crippen LogP contribution in [0.25, 0.3) is 0 Å². The zero-order valence-electron chi connectivity index (χ0n) is 8.62. The summed E-state index contributed by atoms with van der Waals surface area (Å²) in [5, 5.41) is 0.0993. The number of methoxy groups -OCH3 is 1. The fourth-order valence-corrected chi connectivity index (χ4v) is 2.46. The van der Waals surface area contributed by atoms with Gasteiger partial charge in [-0.1, -0.05) is 23.2 Å². The molecular formula is C9H9Cl2NO4. The van der Waals surface area contributed by atoms with E-state index in [1.54, 1.807) is 6.92 Å². The molecule has 2 bridgehead atoms. The molecule has 16 heavy (non-hydrogen) atoms. The van der Waals surface area contributed by atoms with Gasteiger partial charge in [0.05, 0.1) is 7.11 Å². The van der Waals surface area contributed by atoms with Crippen LogP contribution in [0.4, 0.5) is 0 Å². The van der Waals surface area contributed by atoms with Gasteiger partial charge < -0.3 is 9.47 Å². The predicted molar refractivity (Wildman–Crippen MR) is 56.5 cm³/mol. The van der Waals surface area contributed by atoms with Crippen LogP contribution < -0.4 is 0 Å². The summed E-state index contributed by atoms with van der Waals surface area (Å²) in [5.41, 5.74) is -1.08. The highest BCUT2D eigenvalue weighted by Crippen LogP contribution is 2.48. The summed E-state index contributed by atoms with van der Waals surface area (Å²) in [5.74, 6) is -2.22. The third-order valence-electron chi connectivity index (χ3n) is 2.84. The van der Waals surface area contributed by atoms with Gasteiger partial charge in [0.2, 0.25) is 5.00 Å². The minimum absolute atomic E-state index is 0.0993. The number of carbonyl (C=O) groups excluding carboxylic acids is 2. The molecule has 7 heteroatoms. The van der Waals surface area contributed by atoms with Gasteiger partial charge in [-0.3, -0.25) is 4.79 Å². The molecule has 1 fully saturated rings. The van der Waals surface area contributed by atoms with Crippen molar-refractivity contribution in [1.29, 1.82) is 0 Å². The van der Waals surface area contributed by atoms with E-state index in [-0.39, 0.29) is 11.6 Å². The van der Waals surface area contributed by atoms with Crippen LogP contribution in [-0.2, 0) is 19.1 Å². The van der Waals surface area contributed by atoms with Crippen LogP contribution in [-0.4, -0.2) is 34.8 Å². The molecule has 0 unspecified atom stereocenters. The van der Waals surface area contributed by atoms with Crippen molar-refractivity contribution in [2.75, 3.05) is 7.11 Å². The van der Waals surface area contributed by atoms with Gasteiger partial charge in [-0.15, -0.1) is 0 Å². The number of hydrogen-bond donors (Lipinski definition) is 0. The number of fused-ring (bicyclic) bond motifs is 2. The second-order valence-corrected chi connectivity index (χ2v) is 4.91. The summed E-state index contributed by atoms with van der Waals surface area (Å²) < 4.78 is 9.66. The molecule has 3 atom stereocenters. The Morgan fingerprint density at radius 2 is 2.31 bits per heavy atom. The summed E-state index contributed by atoms with van der Waals surface area (Å²) in [6, 6.07) is 0. The molecule has 3 heterocycles. The minimum atomic E-state index is -1.78. The van der Waals surface area contributed by atoms with Crippen molar-refractivity contribution >= 4 is 40.3 Å². The molecule has 0 aliphatic carbocycles. The molecule has 0 N–H and O–H groups in total. The average molecular weight is 266 g/mol. The Balaban J connectivity index is 2.49. The number of alkyl halides is 1. The normalized spacial score (nSPS) is 41.4. The van der Waals surface area contributed by atoms with Crippen LogP contribution in [0.15, 0.2) is 4.99 Å². The summed E-state index contributed by atoms with van der Waals surface area (Å²) in [7, 11) is 1.23. The summed E-state index contributed by atoms with van der Waals surface area (Å²) in [6.45, 7) is 1.59. The smallest absolute Gasteiger partial charge is 0.351 e. The van der Waals surface area contributed by atoms with E-state index in [1.807, 2.05) is 0 Å². The van der Waals surface area contributed by atoms with Crippen molar-refractivity contribution in [3.8, 4) is 0 Å². The van der Waals surface area contributed by atoms with Crippen LogP contribution in [0.1, 0.15) is 13.3 Å². The number of rotatable bonds is 1. The highest BCUT2D eigenvalue weighted by atomic mass is 35.5. The highest BCUT2D eigenvalue weighted by molar-refractivity contribution is 6.68. The quantitative estimate of drug-likeness (QED) is 0.404. The molecule has 0 radical (unpaired) electrons. The maximum Gasteiger partial charge on any atom is 0.351 e. The number of halogens is 2. The van der Waals surface area contributed by atoms with Crippen LogP contribution in [0.2, 0.25) is 0 Å². The third kappa shape index (κ3) is 1.34. The van der Waals surface area contributed by atoms with Crippen LogP contribution in [0.5, 0.6) is 0 Å². The molecule has 0 saturated carbocycles. The molecule has 3 rings (SSSR count). The van der Waals surface area contributed by atoms with Crippen molar-refractivity contribution in [3.05, 3.63) is 0 Å². The van der Waals surface area contributed by atoms with E-state index >= 15 is 0 Å². The van der Waals surface area contributed by atoms with Crippen molar-refractivity contribution in [3.63, 3.8) is 0 Å². The van der Waals surface area contributed by atoms with E-state index in [0.29, 0.717) is 0 Å². The highest BCUT2D eigenvalue weighted by Gasteiger charge is 2.64. The topological polar surface area (TPSA) is 65.0 Å². The Labute approximate surface area is 102 Å². The fourth-order valence-electron chi connectivity index (χ4n) is 1.88. The molecule has 0 amide bonds. The number of esters is 2. The van der Waals surface area contributed by atoms with Gasteiger partial charge >= 0.3 is 11.9 Å². The maximum absolute atomic E-state index is 11.6. The molecule has 3 aliphatic heterocycles. The number of ether oxygens (including phenoxy) is 2. The lowest BCUT2D eigenvalue weighted by Gasteiger charge is -2.46. The van der Waals surface area contributed by atoms with E-state index < -0.39 is 28.5 Å². The Hall–Kier alpha value is -0.810. The molecule has 0 aromatic rings. The summed E-state index contributed by atoms with van der Waals surface area (Å²) >= 11 is 11.9. The summed E-state index contributed by atoms with van der Waals surface area (Å²) in [4.78, 5) is 25.2. The van der Waals surface area contributed by atoms with Gasteiger partial charge in [0.15, 0.2) is 5.60 Å². The van der Waals surface area contributed by atoms with Crippen LogP contribution in [0.3, 0.4) is 0 Å². The molecule has 1 saturated heterocycles. The van der Waals surface area contributed by atoms with Crippen LogP contribution >= 0.6 is 23.2 Å². The third-order valence-corrected chi connectivity index (χ3v) is 3.83. The van der Waals surface area contributed by atoms with Crippen molar-refractivity contribution < 1.29 is 19.1 Å². The van der Waals surface area contributed by atoms with E-state index in [9.17, 15) is 9.59 Å². The second-order valence-electron chi connectivity index (χ2n) is 3.98. The molecular weight excluding hydrogens is 257 g/mol. The first-order chi connectivity index (χ1) is 7.33. The lowest BCUT2D eigenvalue weighted by atomic mass is 9.81. The van der Waals surface area contributed by atoms with Crippen LogP contribution in [0, 0.1) is 5.92 Å². The van der Waals surface area contributed by atoms with Gasteiger partial charge in [-0.2, -0.15) is 0 Å². The Morgan fingerprint density at radius 3 is 2.88 bits per heavy atom. The van der Waals surface area contributed by atoms with E-state index in [2.05, 4.69) is 9.73 Å². The first-order valence-electron chi connectivity index (χ1n) is 4.59. The largest absolute Gasteiger partial charge is 0.469 e. The van der Waals surface area contributed by atoms with Gasteiger partial charge in [-0.05, 0) is 6.92 Å². The van der Waals surface area contributed by atoms with E-state index in [0.717, 1.165) is 0 Å². The minimum Gasteiger partial charge on any atom is -0.469 e. The molecule has 3 aliphatic rings. The van der Waals surface area contributed by atoms with Crippen molar-refractivity contribution in [2.45, 2.75) is 23.9 Å². The lowest BCUT2D eigenvalue weighted by molar-refractivity contribution is -0.177. The van der Waals surface area contributed by atoms with Crippen molar-refractivity contribution in [2.24, 2.45) is 10.9 Å². The molecule has 0 aromatic heterocycles. The molecule has 0 spiro atoms. The predicted octanol–water partition coefficient (Wildman–Crippen LogP) is 1.07. The number of nitrogens with zero attached hydrogens (tertiary/aromatic N) is 1. The number of carbonyl (C=O) groups is 2. The lowest BCUT2D eigenvalue weighted by Crippen LogP contribution is -2.62. The number of hydrogen-bond acceptors (Lipinski definition) is 5. The van der Waals surface area contributed by atoms with E-state index in [1.165, 1.54) is 7.11 Å². The zero-order valence-corrected chi connectivity index (χ0v) is 10.1. The standard InChI is InChI=1S/C9H9Cl2NO4/c1-8-3-4(5(13)15-2)9(11,7(14)16-8)12-6(8)10/h4H,3H2,1-2H3/t4-,8+,9+/m0/s1. The first kappa shape index (κ1) is 11.7. The van der Waals surface area contributed by atoms with Gasteiger partial charge in [0.1, 0.15) is 11.1 Å². The Bertz CT molecular complexity index is 410. The van der Waals surface area contributed by atoms with Gasteiger partial charge in [0.25, 0.3) is 0 Å². The number of aliphatic imine (C=N–C) groups is 1. The molecule has 5 nitrogen and oxygen atoms in total. The fraction of sp³-hybridized carbons (Fsp3) is 0.667.